The number of thioether (sulfide) groups is 1. The van der Waals surface area contributed by atoms with Gasteiger partial charge in [0.2, 0.25) is 0 Å². The van der Waals surface area contributed by atoms with Crippen molar-refractivity contribution in [3.8, 4) is 0 Å². The molecular weight excluding hydrogens is 178 g/mol. The van der Waals surface area contributed by atoms with Gasteiger partial charge in [-0.2, -0.15) is 11.8 Å². The summed E-state index contributed by atoms with van der Waals surface area (Å²) in [5, 5.41) is 0. The van der Waals surface area contributed by atoms with Gasteiger partial charge in [-0.1, -0.05) is 24.3 Å². The fourth-order valence-electron chi connectivity index (χ4n) is 2.03. The summed E-state index contributed by atoms with van der Waals surface area (Å²) in [6.07, 6.45) is 4.44. The summed E-state index contributed by atoms with van der Waals surface area (Å²) in [6.45, 7) is 0.781. The van der Waals surface area contributed by atoms with Gasteiger partial charge in [-0.25, -0.2) is 0 Å². The Morgan fingerprint density at radius 1 is 1.31 bits per heavy atom. The lowest BCUT2D eigenvalue weighted by atomic mass is 10.1. The van der Waals surface area contributed by atoms with Crippen LogP contribution in [0.4, 0.5) is 0 Å². The average molecular weight is 193 g/mol. The molecular formula is C11H15NS. The van der Waals surface area contributed by atoms with E-state index in [0.717, 1.165) is 19.4 Å². The second kappa shape index (κ2) is 3.35. The van der Waals surface area contributed by atoms with Crippen molar-refractivity contribution in [2.75, 3.05) is 12.8 Å². The van der Waals surface area contributed by atoms with Crippen molar-refractivity contribution in [2.45, 2.75) is 17.6 Å². The van der Waals surface area contributed by atoms with Gasteiger partial charge in [-0.05, 0) is 30.2 Å². The fourth-order valence-corrected chi connectivity index (χ4v) is 2.80. The van der Waals surface area contributed by atoms with E-state index in [-0.39, 0.29) is 4.75 Å². The highest BCUT2D eigenvalue weighted by Crippen LogP contribution is 2.37. The number of rotatable bonds is 2. The van der Waals surface area contributed by atoms with E-state index in [1.165, 1.54) is 11.1 Å². The molecule has 0 aromatic heterocycles. The molecule has 1 aromatic rings. The molecule has 0 bridgehead atoms. The molecule has 0 fully saturated rings. The predicted molar refractivity (Wildman–Crippen MR) is 59.2 cm³/mol. The third kappa shape index (κ3) is 1.49. The zero-order valence-electron chi connectivity index (χ0n) is 7.92. The van der Waals surface area contributed by atoms with Gasteiger partial charge in [0.15, 0.2) is 0 Å². The Morgan fingerprint density at radius 2 is 1.85 bits per heavy atom. The standard InChI is InChI=1S/C11H15NS/c1-13-11(8-12)6-9-4-2-3-5-10(9)7-11/h2-5H,6-8,12H2,1H3. The van der Waals surface area contributed by atoms with Crippen LogP contribution in [0.25, 0.3) is 0 Å². The van der Waals surface area contributed by atoms with Gasteiger partial charge in [-0.3, -0.25) is 0 Å². The smallest absolute Gasteiger partial charge is 0.0360 e. The van der Waals surface area contributed by atoms with Crippen molar-refractivity contribution < 1.29 is 0 Å². The minimum atomic E-state index is 0.281. The predicted octanol–water partition coefficient (Wildman–Crippen LogP) is 1.85. The van der Waals surface area contributed by atoms with Crippen LogP contribution in [-0.4, -0.2) is 17.5 Å². The first-order valence-electron chi connectivity index (χ1n) is 4.62. The summed E-state index contributed by atoms with van der Waals surface area (Å²) in [6, 6.07) is 8.68. The summed E-state index contributed by atoms with van der Waals surface area (Å²) in [7, 11) is 0. The summed E-state index contributed by atoms with van der Waals surface area (Å²) in [5.74, 6) is 0. The van der Waals surface area contributed by atoms with Crippen LogP contribution in [0.5, 0.6) is 0 Å². The molecule has 1 aromatic carbocycles. The molecule has 0 saturated heterocycles. The summed E-state index contributed by atoms with van der Waals surface area (Å²) in [4.78, 5) is 0. The Hall–Kier alpha value is -0.470. The Kier molecular flexibility index (Phi) is 2.35. The fraction of sp³-hybridized carbons (Fsp3) is 0.455. The SMILES string of the molecule is CSC1(CN)Cc2ccccc2C1. The molecule has 2 rings (SSSR count). The van der Waals surface area contributed by atoms with Crippen LogP contribution in [0.1, 0.15) is 11.1 Å². The number of benzene rings is 1. The molecule has 0 heterocycles. The Morgan fingerprint density at radius 3 is 2.23 bits per heavy atom. The van der Waals surface area contributed by atoms with Crippen LogP contribution in [-0.2, 0) is 12.8 Å². The van der Waals surface area contributed by atoms with E-state index < -0.39 is 0 Å². The molecule has 0 unspecified atom stereocenters. The lowest BCUT2D eigenvalue weighted by molar-refractivity contribution is 0.634. The van der Waals surface area contributed by atoms with E-state index in [2.05, 4.69) is 30.5 Å². The van der Waals surface area contributed by atoms with E-state index in [0.29, 0.717) is 0 Å². The summed E-state index contributed by atoms with van der Waals surface area (Å²) in [5.41, 5.74) is 8.81. The van der Waals surface area contributed by atoms with Crippen LogP contribution in [0.2, 0.25) is 0 Å². The Bertz CT molecular complexity index is 278. The van der Waals surface area contributed by atoms with Gasteiger partial charge in [-0.15, -0.1) is 0 Å². The molecule has 0 amide bonds. The minimum absolute atomic E-state index is 0.281. The number of hydrogen-bond acceptors (Lipinski definition) is 2. The molecule has 2 N–H and O–H groups in total. The lowest BCUT2D eigenvalue weighted by Gasteiger charge is -2.24. The molecule has 2 heteroatoms. The molecule has 0 atom stereocenters. The molecule has 1 aliphatic rings. The highest BCUT2D eigenvalue weighted by molar-refractivity contribution is 8.00. The zero-order chi connectivity index (χ0) is 9.31. The van der Waals surface area contributed by atoms with Crippen molar-refractivity contribution in [3.05, 3.63) is 35.4 Å². The maximum absolute atomic E-state index is 5.84. The van der Waals surface area contributed by atoms with E-state index in [1.54, 1.807) is 0 Å². The van der Waals surface area contributed by atoms with Crippen molar-refractivity contribution >= 4 is 11.8 Å². The second-order valence-electron chi connectivity index (χ2n) is 3.71. The molecule has 0 spiro atoms. The van der Waals surface area contributed by atoms with Gasteiger partial charge >= 0.3 is 0 Å². The second-order valence-corrected chi connectivity index (χ2v) is 4.99. The van der Waals surface area contributed by atoms with E-state index in [4.69, 9.17) is 5.73 Å². The first-order valence-corrected chi connectivity index (χ1v) is 5.84. The molecule has 1 aliphatic carbocycles. The Labute approximate surface area is 83.7 Å². The van der Waals surface area contributed by atoms with Crippen LogP contribution in [0.3, 0.4) is 0 Å². The van der Waals surface area contributed by atoms with Crippen molar-refractivity contribution in [2.24, 2.45) is 5.73 Å². The van der Waals surface area contributed by atoms with E-state index in [9.17, 15) is 0 Å². The topological polar surface area (TPSA) is 26.0 Å². The monoisotopic (exact) mass is 193 g/mol. The van der Waals surface area contributed by atoms with Gasteiger partial charge < -0.3 is 5.73 Å². The first kappa shape index (κ1) is 9.10. The maximum atomic E-state index is 5.84. The number of fused-ring (bicyclic) bond motifs is 1. The minimum Gasteiger partial charge on any atom is -0.329 e. The van der Waals surface area contributed by atoms with E-state index in [1.807, 2.05) is 11.8 Å². The maximum Gasteiger partial charge on any atom is 0.0360 e. The quantitative estimate of drug-likeness (QED) is 0.775. The van der Waals surface area contributed by atoms with Crippen LogP contribution >= 0.6 is 11.8 Å². The molecule has 70 valence electrons. The Balaban J connectivity index is 2.30. The zero-order valence-corrected chi connectivity index (χ0v) is 8.73. The summed E-state index contributed by atoms with van der Waals surface area (Å²) < 4.78 is 0.281. The van der Waals surface area contributed by atoms with Gasteiger partial charge in [0.1, 0.15) is 0 Å². The van der Waals surface area contributed by atoms with Crippen LogP contribution in [0.15, 0.2) is 24.3 Å². The van der Waals surface area contributed by atoms with E-state index >= 15 is 0 Å². The lowest BCUT2D eigenvalue weighted by Crippen LogP contribution is -2.34. The van der Waals surface area contributed by atoms with Crippen LogP contribution < -0.4 is 5.73 Å². The van der Waals surface area contributed by atoms with Gasteiger partial charge in [0.05, 0.1) is 0 Å². The third-order valence-electron chi connectivity index (χ3n) is 2.95. The van der Waals surface area contributed by atoms with Gasteiger partial charge in [0, 0.05) is 11.3 Å². The highest BCUT2D eigenvalue weighted by atomic mass is 32.2. The number of nitrogens with two attached hydrogens (primary N) is 1. The average Bonchev–Trinajstić information content (AvgIpc) is 2.57. The molecule has 1 nitrogen and oxygen atoms in total. The van der Waals surface area contributed by atoms with Crippen molar-refractivity contribution in [1.29, 1.82) is 0 Å². The van der Waals surface area contributed by atoms with Gasteiger partial charge in [0.25, 0.3) is 0 Å². The van der Waals surface area contributed by atoms with Crippen molar-refractivity contribution in [3.63, 3.8) is 0 Å². The normalized spacial score (nSPS) is 18.6. The van der Waals surface area contributed by atoms with Crippen molar-refractivity contribution in [1.82, 2.24) is 0 Å². The largest absolute Gasteiger partial charge is 0.329 e. The molecule has 0 radical (unpaired) electrons. The molecule has 0 saturated carbocycles. The summed E-state index contributed by atoms with van der Waals surface area (Å²) >= 11 is 1.91. The molecule has 0 aliphatic heterocycles. The number of hydrogen-bond donors (Lipinski definition) is 1. The first-order chi connectivity index (χ1) is 6.29. The van der Waals surface area contributed by atoms with Crippen LogP contribution in [0, 0.1) is 0 Å². The third-order valence-corrected chi connectivity index (χ3v) is 4.27. The molecule has 13 heavy (non-hydrogen) atoms. The highest BCUT2D eigenvalue weighted by Gasteiger charge is 2.34.